The third-order valence-electron chi connectivity index (χ3n) is 5.71. The van der Waals surface area contributed by atoms with Crippen LogP contribution in [0.1, 0.15) is 37.7 Å². The lowest BCUT2D eigenvalue weighted by molar-refractivity contribution is -0.138. The number of rotatable bonds is 3. The molecule has 1 aliphatic carbocycles. The number of hydrogen-bond acceptors (Lipinski definition) is 2. The lowest BCUT2D eigenvalue weighted by atomic mass is 9.88. The summed E-state index contributed by atoms with van der Waals surface area (Å²) in [6.07, 6.45) is 8.11. The number of hydrogen-bond donors (Lipinski definition) is 1. The first-order valence-corrected chi connectivity index (χ1v) is 9.37. The first kappa shape index (κ1) is 15.7. The van der Waals surface area contributed by atoms with Crippen molar-refractivity contribution in [3.63, 3.8) is 0 Å². The number of piperazine rings is 1. The van der Waals surface area contributed by atoms with Gasteiger partial charge in [0.15, 0.2) is 0 Å². The number of H-pyrrole nitrogens is 1. The van der Waals surface area contributed by atoms with E-state index in [1.807, 2.05) is 0 Å². The molecule has 1 aromatic heterocycles. The molecular formula is C20H27N3O. The molecular weight excluding hydrogens is 298 g/mol. The van der Waals surface area contributed by atoms with E-state index in [-0.39, 0.29) is 0 Å². The number of amides is 1. The molecule has 2 heterocycles. The molecule has 1 aliphatic heterocycles. The number of nitrogens with one attached hydrogen (secondary N) is 1. The molecule has 4 nitrogen and oxygen atoms in total. The van der Waals surface area contributed by atoms with Crippen molar-refractivity contribution in [1.29, 1.82) is 0 Å². The number of aromatic amines is 1. The minimum Gasteiger partial charge on any atom is -0.361 e. The largest absolute Gasteiger partial charge is 0.361 e. The Morgan fingerprint density at radius 3 is 2.58 bits per heavy atom. The SMILES string of the molecule is O=C(C1CCCCC1)N1CCN(Cc2c[nH]c3ccccc23)CC1. The molecule has 0 spiro atoms. The second-order valence-corrected chi connectivity index (χ2v) is 7.30. The summed E-state index contributed by atoms with van der Waals surface area (Å²) in [4.78, 5) is 20.6. The van der Waals surface area contributed by atoms with Crippen molar-refractivity contribution in [2.75, 3.05) is 26.2 Å². The van der Waals surface area contributed by atoms with Crippen LogP contribution in [0.5, 0.6) is 0 Å². The molecule has 1 N–H and O–H groups in total. The number of fused-ring (bicyclic) bond motifs is 1. The Morgan fingerprint density at radius 1 is 1.04 bits per heavy atom. The van der Waals surface area contributed by atoms with Crippen LogP contribution in [0.15, 0.2) is 30.5 Å². The number of carbonyl (C=O) groups excluding carboxylic acids is 1. The molecule has 24 heavy (non-hydrogen) atoms. The summed E-state index contributed by atoms with van der Waals surface area (Å²) >= 11 is 0. The van der Waals surface area contributed by atoms with Gasteiger partial charge in [-0.2, -0.15) is 0 Å². The maximum atomic E-state index is 12.7. The van der Waals surface area contributed by atoms with E-state index < -0.39 is 0 Å². The van der Waals surface area contributed by atoms with E-state index in [0.29, 0.717) is 11.8 Å². The van der Waals surface area contributed by atoms with Crippen molar-refractivity contribution < 1.29 is 4.79 Å². The molecule has 2 fully saturated rings. The molecule has 0 atom stereocenters. The Morgan fingerprint density at radius 2 is 1.79 bits per heavy atom. The van der Waals surface area contributed by atoms with E-state index >= 15 is 0 Å². The lowest BCUT2D eigenvalue weighted by Crippen LogP contribution is -2.50. The first-order valence-electron chi connectivity index (χ1n) is 9.37. The van der Waals surface area contributed by atoms with Crippen molar-refractivity contribution in [3.8, 4) is 0 Å². The van der Waals surface area contributed by atoms with Gasteiger partial charge in [-0.15, -0.1) is 0 Å². The van der Waals surface area contributed by atoms with Crippen LogP contribution in [0.4, 0.5) is 0 Å². The van der Waals surface area contributed by atoms with Gasteiger partial charge in [0.25, 0.3) is 0 Å². The normalized spacial score (nSPS) is 20.6. The third kappa shape index (κ3) is 3.20. The highest BCUT2D eigenvalue weighted by atomic mass is 16.2. The van der Waals surface area contributed by atoms with Gasteiger partial charge in [-0.1, -0.05) is 37.5 Å². The summed E-state index contributed by atoms with van der Waals surface area (Å²) in [6.45, 7) is 4.71. The molecule has 128 valence electrons. The van der Waals surface area contributed by atoms with E-state index in [1.165, 1.54) is 35.7 Å². The van der Waals surface area contributed by atoms with Crippen molar-refractivity contribution in [2.24, 2.45) is 5.92 Å². The van der Waals surface area contributed by atoms with Gasteiger partial charge in [0.2, 0.25) is 5.91 Å². The molecule has 1 amide bonds. The molecule has 4 heteroatoms. The zero-order chi connectivity index (χ0) is 16.4. The van der Waals surface area contributed by atoms with Gasteiger partial charge in [-0.25, -0.2) is 0 Å². The van der Waals surface area contributed by atoms with Crippen LogP contribution in [-0.2, 0) is 11.3 Å². The van der Waals surface area contributed by atoms with Crippen molar-refractivity contribution >= 4 is 16.8 Å². The summed E-state index contributed by atoms with van der Waals surface area (Å²) in [5.41, 5.74) is 2.57. The number of carbonyl (C=O) groups is 1. The zero-order valence-electron chi connectivity index (χ0n) is 14.3. The second-order valence-electron chi connectivity index (χ2n) is 7.30. The molecule has 1 saturated heterocycles. The van der Waals surface area contributed by atoms with E-state index in [4.69, 9.17) is 0 Å². The highest BCUT2D eigenvalue weighted by Gasteiger charge is 2.28. The summed E-state index contributed by atoms with van der Waals surface area (Å²) < 4.78 is 0. The Bertz CT molecular complexity index is 694. The third-order valence-corrected chi connectivity index (χ3v) is 5.71. The Hall–Kier alpha value is -1.81. The van der Waals surface area contributed by atoms with Crippen LogP contribution >= 0.6 is 0 Å². The van der Waals surface area contributed by atoms with Crippen LogP contribution in [0.25, 0.3) is 10.9 Å². The van der Waals surface area contributed by atoms with Gasteiger partial charge >= 0.3 is 0 Å². The maximum absolute atomic E-state index is 12.7. The Balaban J connectivity index is 1.33. The highest BCUT2D eigenvalue weighted by molar-refractivity contribution is 5.83. The van der Waals surface area contributed by atoms with Gasteiger partial charge in [-0.05, 0) is 24.5 Å². The number of para-hydroxylation sites is 1. The van der Waals surface area contributed by atoms with Gasteiger partial charge in [0.05, 0.1) is 0 Å². The highest BCUT2D eigenvalue weighted by Crippen LogP contribution is 2.26. The van der Waals surface area contributed by atoms with E-state index in [2.05, 4.69) is 45.2 Å². The van der Waals surface area contributed by atoms with E-state index in [0.717, 1.165) is 45.6 Å². The lowest BCUT2D eigenvalue weighted by Gasteiger charge is -2.37. The van der Waals surface area contributed by atoms with Crippen LogP contribution < -0.4 is 0 Å². The molecule has 4 rings (SSSR count). The summed E-state index contributed by atoms with van der Waals surface area (Å²) in [5.74, 6) is 0.723. The van der Waals surface area contributed by atoms with Gasteiger partial charge < -0.3 is 9.88 Å². The van der Waals surface area contributed by atoms with Gasteiger partial charge in [0.1, 0.15) is 0 Å². The second kappa shape index (κ2) is 6.98. The topological polar surface area (TPSA) is 39.3 Å². The molecule has 1 aromatic carbocycles. The fourth-order valence-corrected chi connectivity index (χ4v) is 4.24. The number of nitrogens with zero attached hydrogens (tertiary/aromatic N) is 2. The smallest absolute Gasteiger partial charge is 0.225 e. The average molecular weight is 325 g/mol. The average Bonchev–Trinajstić information content (AvgIpc) is 3.06. The number of aromatic nitrogens is 1. The van der Waals surface area contributed by atoms with E-state index in [1.54, 1.807) is 0 Å². The summed E-state index contributed by atoms with van der Waals surface area (Å²) in [6, 6.07) is 8.47. The predicted octanol–water partition coefficient (Wildman–Crippen LogP) is 3.39. The molecule has 1 saturated carbocycles. The fourth-order valence-electron chi connectivity index (χ4n) is 4.24. The van der Waals surface area contributed by atoms with Crippen LogP contribution in [-0.4, -0.2) is 46.9 Å². The van der Waals surface area contributed by atoms with Gasteiger partial charge in [-0.3, -0.25) is 9.69 Å². The predicted molar refractivity (Wildman–Crippen MR) is 96.7 cm³/mol. The Kier molecular flexibility index (Phi) is 4.56. The fraction of sp³-hybridized carbons (Fsp3) is 0.550. The van der Waals surface area contributed by atoms with Crippen molar-refractivity contribution in [3.05, 3.63) is 36.0 Å². The quantitative estimate of drug-likeness (QED) is 0.939. The monoisotopic (exact) mass is 325 g/mol. The Labute approximate surface area is 143 Å². The first-order chi connectivity index (χ1) is 11.8. The van der Waals surface area contributed by atoms with Crippen molar-refractivity contribution in [1.82, 2.24) is 14.8 Å². The van der Waals surface area contributed by atoms with Crippen molar-refractivity contribution in [2.45, 2.75) is 38.6 Å². The summed E-state index contributed by atoms with van der Waals surface area (Å²) in [7, 11) is 0. The standard InChI is InChI=1S/C20H27N3O/c24-20(16-6-2-1-3-7-16)23-12-10-22(11-13-23)15-17-14-21-19-9-5-4-8-18(17)19/h4-5,8-9,14,16,21H,1-3,6-7,10-13,15H2. The maximum Gasteiger partial charge on any atom is 0.225 e. The number of benzene rings is 1. The van der Waals surface area contributed by atoms with Gasteiger partial charge in [0, 0.05) is 55.7 Å². The molecule has 2 aromatic rings. The molecule has 0 bridgehead atoms. The summed E-state index contributed by atoms with van der Waals surface area (Å²) in [5, 5.41) is 1.32. The minimum atomic E-state index is 0.305. The molecule has 0 radical (unpaired) electrons. The van der Waals surface area contributed by atoms with Crippen LogP contribution in [0.2, 0.25) is 0 Å². The minimum absolute atomic E-state index is 0.305. The van der Waals surface area contributed by atoms with E-state index in [9.17, 15) is 4.79 Å². The molecule has 2 aliphatic rings. The van der Waals surface area contributed by atoms with Crippen LogP contribution in [0.3, 0.4) is 0 Å². The van der Waals surface area contributed by atoms with Crippen LogP contribution in [0, 0.1) is 5.92 Å². The zero-order valence-corrected chi connectivity index (χ0v) is 14.3. The molecule has 0 unspecified atom stereocenters.